The molecule has 160 valence electrons. The Morgan fingerprint density at radius 3 is 1.96 bits per heavy atom. The third-order valence-electron chi connectivity index (χ3n) is 3.60. The molecular formula is C18H31N3O7. The van der Waals surface area contributed by atoms with Crippen molar-refractivity contribution in [3.05, 3.63) is 0 Å². The van der Waals surface area contributed by atoms with E-state index in [1.807, 2.05) is 0 Å². The quantitative estimate of drug-likeness (QED) is 0.557. The van der Waals surface area contributed by atoms with Gasteiger partial charge in [0.05, 0.1) is 13.7 Å². The van der Waals surface area contributed by atoms with Crippen LogP contribution < -0.4 is 5.32 Å². The zero-order valence-corrected chi connectivity index (χ0v) is 17.7. The molecule has 1 aliphatic rings. The standard InChI is InChI=1S/C18H31N3O7/c1-17(2,3)27-15(24)20-8-9-21(16(25)28-18(4,5)6)12(11-20)14(23)19-10-13(22)26-7/h12H,8-11H2,1-7H3,(H,19,23). The first kappa shape index (κ1) is 23.5. The van der Waals surface area contributed by atoms with Gasteiger partial charge in [0.2, 0.25) is 5.91 Å². The van der Waals surface area contributed by atoms with Crippen LogP contribution in [0.3, 0.4) is 0 Å². The first-order valence-electron chi connectivity index (χ1n) is 9.05. The fraction of sp³-hybridized carbons (Fsp3) is 0.778. The molecule has 0 aromatic heterocycles. The number of rotatable bonds is 3. The number of hydrogen-bond donors (Lipinski definition) is 1. The van der Waals surface area contributed by atoms with Crippen molar-refractivity contribution in [3.8, 4) is 0 Å². The van der Waals surface area contributed by atoms with Crippen molar-refractivity contribution in [1.82, 2.24) is 15.1 Å². The number of hydrogen-bond acceptors (Lipinski definition) is 7. The zero-order chi connectivity index (χ0) is 21.7. The van der Waals surface area contributed by atoms with E-state index in [1.54, 1.807) is 41.5 Å². The highest BCUT2D eigenvalue weighted by molar-refractivity contribution is 5.89. The number of methoxy groups -OCH3 is 1. The molecule has 0 aromatic rings. The monoisotopic (exact) mass is 401 g/mol. The van der Waals surface area contributed by atoms with E-state index < -0.39 is 41.3 Å². The topological polar surface area (TPSA) is 114 Å². The Bertz CT molecular complexity index is 607. The van der Waals surface area contributed by atoms with Crippen LogP contribution in [-0.4, -0.2) is 84.4 Å². The average molecular weight is 401 g/mol. The number of nitrogens with one attached hydrogen (secondary N) is 1. The highest BCUT2D eigenvalue weighted by atomic mass is 16.6. The molecular weight excluding hydrogens is 370 g/mol. The lowest BCUT2D eigenvalue weighted by molar-refractivity contribution is -0.142. The first-order valence-corrected chi connectivity index (χ1v) is 9.05. The van der Waals surface area contributed by atoms with Crippen molar-refractivity contribution < 1.29 is 33.4 Å². The van der Waals surface area contributed by atoms with E-state index in [4.69, 9.17) is 9.47 Å². The van der Waals surface area contributed by atoms with Crippen molar-refractivity contribution in [2.24, 2.45) is 0 Å². The summed E-state index contributed by atoms with van der Waals surface area (Å²) in [5, 5.41) is 2.42. The molecule has 1 saturated heterocycles. The molecule has 28 heavy (non-hydrogen) atoms. The number of esters is 1. The van der Waals surface area contributed by atoms with Crippen LogP contribution in [-0.2, 0) is 23.8 Å². The van der Waals surface area contributed by atoms with Crippen LogP contribution in [0, 0.1) is 0 Å². The number of amides is 3. The van der Waals surface area contributed by atoms with Crippen molar-refractivity contribution in [1.29, 1.82) is 0 Å². The van der Waals surface area contributed by atoms with Gasteiger partial charge >= 0.3 is 18.2 Å². The number of nitrogens with zero attached hydrogens (tertiary/aromatic N) is 2. The van der Waals surface area contributed by atoms with Crippen molar-refractivity contribution in [2.45, 2.75) is 58.8 Å². The Hall–Kier alpha value is -2.52. The van der Waals surface area contributed by atoms with E-state index >= 15 is 0 Å². The lowest BCUT2D eigenvalue weighted by Crippen LogP contribution is -2.62. The summed E-state index contributed by atoms with van der Waals surface area (Å²) in [5.74, 6) is -1.22. The molecule has 1 aliphatic heterocycles. The van der Waals surface area contributed by atoms with Crippen LogP contribution in [0.1, 0.15) is 41.5 Å². The summed E-state index contributed by atoms with van der Waals surface area (Å²) >= 11 is 0. The SMILES string of the molecule is COC(=O)CNC(=O)C1CN(C(=O)OC(C)(C)C)CCN1C(=O)OC(C)(C)C. The largest absolute Gasteiger partial charge is 0.468 e. The van der Waals surface area contributed by atoms with Gasteiger partial charge in [-0.3, -0.25) is 14.5 Å². The number of ether oxygens (including phenoxy) is 3. The molecule has 0 aliphatic carbocycles. The van der Waals surface area contributed by atoms with Gasteiger partial charge < -0.3 is 24.4 Å². The smallest absolute Gasteiger partial charge is 0.411 e. The molecule has 1 rings (SSSR count). The van der Waals surface area contributed by atoms with Gasteiger partial charge in [-0.05, 0) is 41.5 Å². The third kappa shape index (κ3) is 7.61. The van der Waals surface area contributed by atoms with E-state index in [0.717, 1.165) is 0 Å². The average Bonchev–Trinajstić information content (AvgIpc) is 2.55. The molecule has 0 saturated carbocycles. The van der Waals surface area contributed by atoms with Crippen LogP contribution in [0.5, 0.6) is 0 Å². The van der Waals surface area contributed by atoms with Crippen LogP contribution in [0.4, 0.5) is 9.59 Å². The molecule has 10 heteroatoms. The minimum absolute atomic E-state index is 0.0822. The predicted octanol–water partition coefficient (Wildman–Crippen LogP) is 1.13. The highest BCUT2D eigenvalue weighted by Gasteiger charge is 2.40. The second-order valence-corrected chi connectivity index (χ2v) is 8.41. The van der Waals surface area contributed by atoms with E-state index in [0.29, 0.717) is 0 Å². The zero-order valence-electron chi connectivity index (χ0n) is 17.7. The van der Waals surface area contributed by atoms with Gasteiger partial charge in [0.25, 0.3) is 0 Å². The molecule has 1 atom stereocenters. The van der Waals surface area contributed by atoms with Gasteiger partial charge in [-0.2, -0.15) is 0 Å². The molecule has 0 radical (unpaired) electrons. The van der Waals surface area contributed by atoms with Gasteiger partial charge in [-0.1, -0.05) is 0 Å². The van der Waals surface area contributed by atoms with E-state index in [-0.39, 0.29) is 26.2 Å². The van der Waals surface area contributed by atoms with E-state index in [1.165, 1.54) is 16.9 Å². The first-order chi connectivity index (χ1) is 12.7. The summed E-state index contributed by atoms with van der Waals surface area (Å²) in [7, 11) is 1.20. The number of carbonyl (C=O) groups excluding carboxylic acids is 4. The summed E-state index contributed by atoms with van der Waals surface area (Å²) in [6.07, 6.45) is -1.25. The van der Waals surface area contributed by atoms with E-state index in [2.05, 4.69) is 10.1 Å². The maximum atomic E-state index is 12.6. The van der Waals surface area contributed by atoms with E-state index in [9.17, 15) is 19.2 Å². The van der Waals surface area contributed by atoms with Crippen molar-refractivity contribution >= 4 is 24.1 Å². The second kappa shape index (κ2) is 9.11. The Balaban J connectivity index is 2.95. The summed E-state index contributed by atoms with van der Waals surface area (Å²) in [6.45, 7) is 10.2. The van der Waals surface area contributed by atoms with Gasteiger partial charge in [0, 0.05) is 13.1 Å². The highest BCUT2D eigenvalue weighted by Crippen LogP contribution is 2.18. The van der Waals surface area contributed by atoms with Crippen molar-refractivity contribution in [2.75, 3.05) is 33.3 Å². The summed E-state index contributed by atoms with van der Waals surface area (Å²) in [4.78, 5) is 51.4. The summed E-state index contributed by atoms with van der Waals surface area (Å²) < 4.78 is 15.2. The Morgan fingerprint density at radius 1 is 0.929 bits per heavy atom. The van der Waals surface area contributed by atoms with Crippen LogP contribution >= 0.6 is 0 Å². The maximum Gasteiger partial charge on any atom is 0.411 e. The molecule has 1 fully saturated rings. The minimum Gasteiger partial charge on any atom is -0.468 e. The number of piperazine rings is 1. The van der Waals surface area contributed by atoms with Gasteiger partial charge in [0.15, 0.2) is 0 Å². The van der Waals surface area contributed by atoms with Crippen LogP contribution in [0.15, 0.2) is 0 Å². The normalized spacial score (nSPS) is 17.6. The molecule has 3 amide bonds. The second-order valence-electron chi connectivity index (χ2n) is 8.41. The lowest BCUT2D eigenvalue weighted by Gasteiger charge is -2.40. The van der Waals surface area contributed by atoms with Gasteiger partial charge in [-0.15, -0.1) is 0 Å². The summed E-state index contributed by atoms with van der Waals surface area (Å²) in [5.41, 5.74) is -1.44. The molecule has 1 unspecified atom stereocenters. The Kier molecular flexibility index (Phi) is 7.66. The fourth-order valence-electron chi connectivity index (χ4n) is 2.39. The predicted molar refractivity (Wildman–Crippen MR) is 99.6 cm³/mol. The number of carbonyl (C=O) groups is 4. The lowest BCUT2D eigenvalue weighted by atomic mass is 10.1. The third-order valence-corrected chi connectivity index (χ3v) is 3.60. The molecule has 0 spiro atoms. The fourth-order valence-corrected chi connectivity index (χ4v) is 2.39. The maximum absolute atomic E-state index is 12.6. The molecule has 0 bridgehead atoms. The molecule has 1 N–H and O–H groups in total. The molecule has 1 heterocycles. The molecule has 0 aromatic carbocycles. The van der Waals surface area contributed by atoms with Crippen LogP contribution in [0.25, 0.3) is 0 Å². The van der Waals surface area contributed by atoms with Gasteiger partial charge in [0.1, 0.15) is 23.8 Å². The van der Waals surface area contributed by atoms with Crippen molar-refractivity contribution in [3.63, 3.8) is 0 Å². The minimum atomic E-state index is -1.03. The van der Waals surface area contributed by atoms with Gasteiger partial charge in [-0.25, -0.2) is 9.59 Å². The molecule has 10 nitrogen and oxygen atoms in total. The Labute approximate surface area is 165 Å². The van der Waals surface area contributed by atoms with Crippen LogP contribution in [0.2, 0.25) is 0 Å². The summed E-state index contributed by atoms with van der Waals surface area (Å²) in [6, 6.07) is -1.03. The Morgan fingerprint density at radius 2 is 1.46 bits per heavy atom.